The van der Waals surface area contributed by atoms with Crippen LogP contribution in [0.25, 0.3) is 11.3 Å². The van der Waals surface area contributed by atoms with Crippen LogP contribution in [-0.4, -0.2) is 54.2 Å². The molecule has 1 N–H and O–H groups in total. The maximum absolute atomic E-state index is 11.1. The summed E-state index contributed by atoms with van der Waals surface area (Å²) in [5, 5.41) is 6.48. The molecule has 1 aliphatic heterocycles. The Bertz CT molecular complexity index is 793. The summed E-state index contributed by atoms with van der Waals surface area (Å²) < 4.78 is 5.03. The minimum absolute atomic E-state index is 0.0381. The van der Waals surface area contributed by atoms with E-state index in [-0.39, 0.29) is 11.9 Å². The fraction of sp³-hybridized carbons (Fsp3) is 0.607. The maximum Gasteiger partial charge on any atom is 0.237 e. The van der Waals surface area contributed by atoms with Crippen molar-refractivity contribution in [3.8, 4) is 11.3 Å². The number of carbonyl (C=O) groups is 2. The molecule has 0 aliphatic carbocycles. The Morgan fingerprint density at radius 1 is 1.06 bits per heavy atom. The van der Waals surface area contributed by atoms with Gasteiger partial charge in [0.1, 0.15) is 5.69 Å². The molecular weight excluding hydrogens is 458 g/mol. The lowest BCUT2D eigenvalue weighted by Gasteiger charge is -2.33. The van der Waals surface area contributed by atoms with Gasteiger partial charge in [-0.3, -0.25) is 14.5 Å². The van der Waals surface area contributed by atoms with Gasteiger partial charge in [-0.1, -0.05) is 72.7 Å². The Morgan fingerprint density at radius 3 is 1.91 bits per heavy atom. The number of hydrogen-bond acceptors (Lipinski definition) is 6. The van der Waals surface area contributed by atoms with Gasteiger partial charge in [-0.2, -0.15) is 0 Å². The van der Waals surface area contributed by atoms with E-state index in [1.807, 2.05) is 65.3 Å². The summed E-state index contributed by atoms with van der Waals surface area (Å²) in [5.74, 6) is 2.42. The summed E-state index contributed by atoms with van der Waals surface area (Å²) in [7, 11) is 1.97. The maximum atomic E-state index is 11.1. The third-order valence-corrected chi connectivity index (χ3v) is 4.76. The number of carbonyl (C=O) groups excluding carboxylic acids is 2. The first-order valence-electron chi connectivity index (χ1n) is 12.5. The summed E-state index contributed by atoms with van der Waals surface area (Å²) in [6, 6.07) is 9.86. The van der Waals surface area contributed by atoms with Gasteiger partial charge in [-0.15, -0.1) is 11.8 Å². The van der Waals surface area contributed by atoms with Gasteiger partial charge in [-0.05, 0) is 51.1 Å². The van der Waals surface area contributed by atoms with Crippen LogP contribution in [0.15, 0.2) is 39.8 Å². The Balaban J connectivity index is 0. The normalized spacial score (nSPS) is 16.8. The number of aromatic nitrogens is 1. The molecule has 2 atom stereocenters. The van der Waals surface area contributed by atoms with Crippen LogP contribution in [0, 0.1) is 11.8 Å². The van der Waals surface area contributed by atoms with Crippen LogP contribution in [0.3, 0.4) is 0 Å². The largest absolute Gasteiger partial charge is 0.356 e. The Hall–Kier alpha value is -2.12. The average Bonchev–Trinajstić information content (AvgIpc) is 3.28. The van der Waals surface area contributed by atoms with Gasteiger partial charge < -0.3 is 9.84 Å². The highest BCUT2D eigenvalue weighted by Crippen LogP contribution is 2.23. The molecule has 0 saturated carbocycles. The van der Waals surface area contributed by atoms with Gasteiger partial charge >= 0.3 is 0 Å². The van der Waals surface area contributed by atoms with E-state index in [0.717, 1.165) is 23.9 Å². The molecule has 1 amide bonds. The summed E-state index contributed by atoms with van der Waals surface area (Å²) in [6.07, 6.45) is 2.69. The summed E-state index contributed by atoms with van der Waals surface area (Å²) in [6.45, 7) is 21.9. The molecule has 1 aromatic carbocycles. The lowest BCUT2D eigenvalue weighted by atomic mass is 10.1. The number of piperazine rings is 1. The molecule has 6 nitrogen and oxygen atoms in total. The first-order valence-corrected chi connectivity index (χ1v) is 13.7. The highest BCUT2D eigenvalue weighted by Gasteiger charge is 2.25. The third kappa shape index (κ3) is 17.0. The van der Waals surface area contributed by atoms with Crippen LogP contribution < -0.4 is 5.32 Å². The van der Waals surface area contributed by atoms with Gasteiger partial charge in [0.2, 0.25) is 5.91 Å². The number of hydrogen-bond donors (Lipinski definition) is 1. The van der Waals surface area contributed by atoms with E-state index in [0.29, 0.717) is 23.8 Å². The van der Waals surface area contributed by atoms with Gasteiger partial charge in [0.25, 0.3) is 0 Å². The zero-order valence-corrected chi connectivity index (χ0v) is 24.8. The van der Waals surface area contributed by atoms with Crippen LogP contribution in [0.4, 0.5) is 0 Å². The van der Waals surface area contributed by atoms with Crippen molar-refractivity contribution in [1.82, 2.24) is 15.4 Å². The van der Waals surface area contributed by atoms with Crippen molar-refractivity contribution < 1.29 is 14.1 Å². The lowest BCUT2D eigenvalue weighted by Crippen LogP contribution is -2.56. The molecule has 3 rings (SSSR count). The fourth-order valence-electron chi connectivity index (χ4n) is 2.44. The molecule has 0 spiro atoms. The van der Waals surface area contributed by atoms with E-state index >= 15 is 0 Å². The molecule has 7 heteroatoms. The molecule has 200 valence electrons. The monoisotopic (exact) mass is 507 g/mol. The van der Waals surface area contributed by atoms with Crippen molar-refractivity contribution in [2.24, 2.45) is 11.8 Å². The van der Waals surface area contributed by atoms with E-state index in [4.69, 9.17) is 4.52 Å². The van der Waals surface area contributed by atoms with Gasteiger partial charge in [-0.25, -0.2) is 0 Å². The summed E-state index contributed by atoms with van der Waals surface area (Å²) in [5.41, 5.74) is 1.24. The number of thioether (sulfide) groups is 1. The molecule has 1 saturated heterocycles. The second kappa shape index (κ2) is 20.1. The van der Waals surface area contributed by atoms with Crippen LogP contribution in [0.2, 0.25) is 0 Å². The van der Waals surface area contributed by atoms with Crippen LogP contribution in [-0.2, 0) is 4.79 Å². The van der Waals surface area contributed by atoms with Crippen molar-refractivity contribution in [3.05, 3.63) is 36.0 Å². The first kappa shape index (κ1) is 35.0. The number of benzene rings is 1. The highest BCUT2D eigenvalue weighted by molar-refractivity contribution is 7.98. The third-order valence-electron chi connectivity index (χ3n) is 4.01. The number of rotatable bonds is 3. The quantitative estimate of drug-likeness (QED) is 0.354. The molecule has 2 aromatic rings. The van der Waals surface area contributed by atoms with E-state index in [1.165, 1.54) is 4.90 Å². The fourth-order valence-corrected chi connectivity index (χ4v) is 2.84. The number of amides is 1. The second-order valence-corrected chi connectivity index (χ2v) is 10.3. The molecule has 1 aliphatic rings. The standard InChI is InChI=1S/C11H9NO2S.C7H14N2O.2C4H10.C2H6/c1-15-10-4-2-8(3-5-10)11-6-9(7-13)12-14-11;1-5-4-9(3)6(2)7(10)8-5;2*1-4(2)3;1-2/h2-7H,1H3;5-6H,4H2,1-3H3,(H,8,10);2*4H,1-3H3;1-2H3. The molecule has 0 bridgehead atoms. The zero-order chi connectivity index (χ0) is 27.6. The summed E-state index contributed by atoms with van der Waals surface area (Å²) in [4.78, 5) is 24.7. The van der Waals surface area contributed by atoms with Crippen molar-refractivity contribution in [1.29, 1.82) is 0 Å². The minimum Gasteiger partial charge on any atom is -0.356 e. The zero-order valence-electron chi connectivity index (χ0n) is 24.0. The molecule has 2 unspecified atom stereocenters. The van der Waals surface area contributed by atoms with Crippen molar-refractivity contribution in [2.45, 2.75) is 86.2 Å². The predicted octanol–water partition coefficient (Wildman–Crippen LogP) is 7.05. The van der Waals surface area contributed by atoms with E-state index in [1.54, 1.807) is 17.8 Å². The highest BCUT2D eigenvalue weighted by atomic mass is 32.2. The van der Waals surface area contributed by atoms with Gasteiger partial charge in [0.15, 0.2) is 12.0 Å². The number of aldehydes is 1. The van der Waals surface area contributed by atoms with Crippen LogP contribution >= 0.6 is 11.8 Å². The SMILES string of the molecule is CC.CC(C)C.CC(C)C.CC1CN(C)C(C)C(=O)N1.CSc1ccc(-c2cc(C=O)no2)cc1. The molecule has 35 heavy (non-hydrogen) atoms. The molecule has 1 fully saturated rings. The number of likely N-dealkylation sites (N-methyl/N-ethyl adjacent to an activating group) is 1. The summed E-state index contributed by atoms with van der Waals surface area (Å²) >= 11 is 1.68. The molecule has 0 radical (unpaired) electrons. The first-order chi connectivity index (χ1) is 16.4. The van der Waals surface area contributed by atoms with E-state index < -0.39 is 0 Å². The van der Waals surface area contributed by atoms with Crippen LogP contribution in [0.1, 0.15) is 79.7 Å². The average molecular weight is 508 g/mol. The molecule has 2 heterocycles. The minimum atomic E-state index is 0.0381. The van der Waals surface area contributed by atoms with Gasteiger partial charge in [0, 0.05) is 29.1 Å². The van der Waals surface area contributed by atoms with Crippen molar-refractivity contribution in [2.75, 3.05) is 19.8 Å². The van der Waals surface area contributed by atoms with E-state index in [9.17, 15) is 9.59 Å². The van der Waals surface area contributed by atoms with E-state index in [2.05, 4.69) is 56.9 Å². The Kier molecular flexibility index (Phi) is 20.1. The van der Waals surface area contributed by atoms with Crippen molar-refractivity contribution >= 4 is 24.0 Å². The number of nitrogens with one attached hydrogen (secondary N) is 1. The topological polar surface area (TPSA) is 75.4 Å². The smallest absolute Gasteiger partial charge is 0.237 e. The molecular formula is C28H49N3O3S. The lowest BCUT2D eigenvalue weighted by molar-refractivity contribution is -0.128. The molecule has 1 aromatic heterocycles. The van der Waals surface area contributed by atoms with Crippen molar-refractivity contribution in [3.63, 3.8) is 0 Å². The predicted molar refractivity (Wildman–Crippen MR) is 151 cm³/mol. The number of nitrogens with zero attached hydrogens (tertiary/aromatic N) is 2. The second-order valence-electron chi connectivity index (χ2n) is 9.45. The van der Waals surface area contributed by atoms with Crippen LogP contribution in [0.5, 0.6) is 0 Å². The Morgan fingerprint density at radius 2 is 1.54 bits per heavy atom. The van der Waals surface area contributed by atoms with Gasteiger partial charge in [0.05, 0.1) is 6.04 Å². The Labute approximate surface area is 218 Å².